The van der Waals surface area contributed by atoms with Crippen molar-refractivity contribution >= 4 is 59.4 Å². The zero-order valence-corrected chi connectivity index (χ0v) is 32.5. The molecule has 296 valence electrons. The summed E-state index contributed by atoms with van der Waals surface area (Å²) in [5, 5.41) is 61.0. The van der Waals surface area contributed by atoms with Gasteiger partial charge in [-0.25, -0.2) is 28.8 Å². The maximum Gasteiger partial charge on any atom is 0.335 e. The molecule has 6 aromatic rings. The maximum atomic E-state index is 11.9. The van der Waals surface area contributed by atoms with E-state index in [1.54, 1.807) is 0 Å². The Bertz CT molecular complexity index is 2280. The predicted octanol–water partition coefficient (Wildman–Crippen LogP) is 7.00. The molecule has 0 amide bonds. The van der Waals surface area contributed by atoms with Gasteiger partial charge in [-0.2, -0.15) is 0 Å². The lowest BCUT2D eigenvalue weighted by atomic mass is 9.99. The lowest BCUT2D eigenvalue weighted by Crippen LogP contribution is -2.67. The Kier molecular flexibility index (Phi) is 11.4. The van der Waals surface area contributed by atoms with Gasteiger partial charge in [-0.05, 0) is 116 Å². The van der Waals surface area contributed by atoms with Gasteiger partial charge in [0.25, 0.3) is 0 Å². The van der Waals surface area contributed by atoms with Crippen molar-refractivity contribution in [2.24, 2.45) is 5.92 Å². The Labute approximate surface area is 337 Å². The van der Waals surface area contributed by atoms with E-state index in [0.29, 0.717) is 39.4 Å². The van der Waals surface area contributed by atoms with Gasteiger partial charge in [-0.1, -0.05) is 86.6 Å². The van der Waals surface area contributed by atoms with E-state index in [1.807, 2.05) is 72.8 Å². The van der Waals surface area contributed by atoms with Crippen LogP contribution < -0.4 is 15.6 Å². The summed E-state index contributed by atoms with van der Waals surface area (Å²) < 4.78 is 0. The largest absolute Gasteiger partial charge is 0.478 e. The van der Waals surface area contributed by atoms with Crippen LogP contribution in [0.2, 0.25) is 6.04 Å². The number of benzene rings is 6. The van der Waals surface area contributed by atoms with Gasteiger partial charge in [0.05, 0.1) is 33.4 Å². The molecule has 0 aromatic heterocycles. The Morgan fingerprint density at radius 2 is 0.559 bits per heavy atom. The lowest BCUT2D eigenvalue weighted by Gasteiger charge is -2.36. The smallest absolute Gasteiger partial charge is 0.335 e. The van der Waals surface area contributed by atoms with Crippen LogP contribution in [-0.2, 0) is 0 Å². The second-order valence-corrected chi connectivity index (χ2v) is 18.4. The van der Waals surface area contributed by atoms with Gasteiger partial charge in [-0.15, -0.1) is 0 Å². The van der Waals surface area contributed by atoms with Crippen molar-refractivity contribution in [1.29, 1.82) is 0 Å². The number of aromatic carboxylic acids is 6. The molecule has 0 unspecified atom stereocenters. The van der Waals surface area contributed by atoms with Crippen LogP contribution in [0.3, 0.4) is 0 Å². The van der Waals surface area contributed by atoms with Crippen molar-refractivity contribution in [3.8, 4) is 33.4 Å². The third-order valence-electron chi connectivity index (χ3n) is 10.1. The second kappa shape index (κ2) is 16.4. The molecule has 12 nitrogen and oxygen atoms in total. The van der Waals surface area contributed by atoms with Crippen LogP contribution in [0.4, 0.5) is 0 Å². The van der Waals surface area contributed by atoms with Crippen molar-refractivity contribution in [3.05, 3.63) is 161 Å². The molecule has 0 aliphatic carbocycles. The minimum atomic E-state index is -3.10. The number of hydrogen-bond donors (Lipinski definition) is 6. The first-order valence-electron chi connectivity index (χ1n) is 18.1. The summed E-state index contributed by atoms with van der Waals surface area (Å²) in [4.78, 5) is 71.3. The molecule has 59 heavy (non-hydrogen) atoms. The highest BCUT2D eigenvalue weighted by molar-refractivity contribution is 7.11. The molecule has 6 N–H and O–H groups in total. The molecule has 0 fully saturated rings. The number of carbonyl (C=O) groups is 6. The maximum absolute atomic E-state index is 11.9. The number of carboxylic acids is 6. The zero-order chi connectivity index (χ0) is 42.8. The van der Waals surface area contributed by atoms with E-state index in [4.69, 9.17) is 0 Å². The summed E-state index contributed by atoms with van der Waals surface area (Å²) in [6.07, 6.45) is 0. The van der Waals surface area contributed by atoms with Crippen LogP contribution in [0.15, 0.2) is 127 Å². The molecule has 6 rings (SSSR count). The van der Waals surface area contributed by atoms with Crippen LogP contribution >= 0.6 is 0 Å². The normalized spacial score (nSPS) is 11.2. The Morgan fingerprint density at radius 1 is 0.356 bits per heavy atom. The van der Waals surface area contributed by atoms with Crippen LogP contribution in [0, 0.1) is 5.92 Å². The summed E-state index contributed by atoms with van der Waals surface area (Å²) in [5.74, 6) is -7.52. The fourth-order valence-corrected chi connectivity index (χ4v) is 12.6. The minimum Gasteiger partial charge on any atom is -0.478 e. The Hall–Kier alpha value is -7.64. The van der Waals surface area contributed by atoms with E-state index in [1.165, 1.54) is 36.4 Å². The van der Waals surface area contributed by atoms with Crippen LogP contribution in [0.1, 0.15) is 76.0 Å². The third kappa shape index (κ3) is 8.55. The fourth-order valence-electron chi connectivity index (χ4n) is 7.43. The SMILES string of the molecule is CC(C)C[Si](c1ccc(-c2cc(C(=O)O)cc(C(=O)O)c2)cc1)(c1ccc(-c2cc(C(=O)O)cc(C(=O)O)c2)cc1)c1ccc(-c2cc(C(=O)O)cc(C(=O)O)c2)cc1. The molecule has 0 saturated carbocycles. The molecule has 0 aliphatic heterocycles. The van der Waals surface area contributed by atoms with Gasteiger partial charge in [0.1, 0.15) is 8.07 Å². The zero-order valence-electron chi connectivity index (χ0n) is 31.5. The highest BCUT2D eigenvalue weighted by atomic mass is 28.3. The number of rotatable bonds is 14. The number of hydrogen-bond acceptors (Lipinski definition) is 6. The van der Waals surface area contributed by atoms with E-state index in [-0.39, 0.29) is 39.3 Å². The standard InChI is InChI=1S/C46H36O12Si/c1-25(2)24-59(38-9-3-26(4-10-38)29-15-32(41(47)48)21-33(16-29)42(49)50,39-11-5-27(6-12-39)30-17-34(43(51)52)22-35(18-30)44(53)54)40-13-7-28(8-14-40)31-19-36(45(55)56)23-37(20-31)46(57)58/h3-23,25H,24H2,1-2H3,(H,47,48)(H,49,50)(H,51,52)(H,53,54)(H,55,56)(H,57,58). The van der Waals surface area contributed by atoms with Gasteiger partial charge in [0.2, 0.25) is 0 Å². The highest BCUT2D eigenvalue weighted by Gasteiger charge is 2.40. The van der Waals surface area contributed by atoms with Crippen molar-refractivity contribution in [1.82, 2.24) is 0 Å². The van der Waals surface area contributed by atoms with Gasteiger partial charge >= 0.3 is 35.8 Å². The molecule has 0 atom stereocenters. The predicted molar refractivity (Wildman–Crippen MR) is 222 cm³/mol. The molecule has 0 aliphatic rings. The molecule has 0 spiro atoms. The van der Waals surface area contributed by atoms with Crippen molar-refractivity contribution < 1.29 is 59.4 Å². The average Bonchev–Trinajstić information content (AvgIpc) is 3.22. The minimum absolute atomic E-state index is 0.127. The lowest BCUT2D eigenvalue weighted by molar-refractivity contribution is 0.0676. The summed E-state index contributed by atoms with van der Waals surface area (Å²) in [5.41, 5.74) is 1.85. The average molecular weight is 809 g/mol. The molecule has 0 radical (unpaired) electrons. The molecule has 6 aromatic carbocycles. The van der Waals surface area contributed by atoms with Gasteiger partial charge in [0, 0.05) is 0 Å². The summed E-state index contributed by atoms with van der Waals surface area (Å²) >= 11 is 0. The van der Waals surface area contributed by atoms with E-state index in [9.17, 15) is 59.4 Å². The van der Waals surface area contributed by atoms with E-state index >= 15 is 0 Å². The molecular formula is C46H36O12Si. The first kappa shape index (κ1) is 41.0. The fraction of sp³-hybridized carbons (Fsp3) is 0.0870. The molecule has 0 bridgehead atoms. The topological polar surface area (TPSA) is 224 Å². The number of carboxylic acid groups (broad SMARTS) is 6. The quantitative estimate of drug-likeness (QED) is 0.0483. The molecule has 13 heteroatoms. The summed E-state index contributed by atoms with van der Waals surface area (Å²) in [7, 11) is -3.10. The first-order chi connectivity index (χ1) is 28.0. The van der Waals surface area contributed by atoms with Crippen LogP contribution in [0.25, 0.3) is 33.4 Å². The van der Waals surface area contributed by atoms with Crippen molar-refractivity contribution in [2.75, 3.05) is 0 Å². The Morgan fingerprint density at radius 3 is 0.729 bits per heavy atom. The first-order valence-corrected chi connectivity index (χ1v) is 20.4. The highest BCUT2D eigenvalue weighted by Crippen LogP contribution is 2.29. The van der Waals surface area contributed by atoms with Crippen molar-refractivity contribution in [3.63, 3.8) is 0 Å². The monoisotopic (exact) mass is 808 g/mol. The van der Waals surface area contributed by atoms with Crippen LogP contribution in [0.5, 0.6) is 0 Å². The summed E-state index contributed by atoms with van der Waals surface area (Å²) in [6.45, 7) is 4.17. The van der Waals surface area contributed by atoms with Gasteiger partial charge < -0.3 is 30.6 Å². The van der Waals surface area contributed by atoms with E-state index in [0.717, 1.165) is 33.8 Å². The molecular weight excluding hydrogens is 773 g/mol. The Balaban J connectivity index is 1.55. The van der Waals surface area contributed by atoms with E-state index in [2.05, 4.69) is 13.8 Å². The van der Waals surface area contributed by atoms with Crippen molar-refractivity contribution in [2.45, 2.75) is 19.9 Å². The molecule has 0 saturated heterocycles. The van der Waals surface area contributed by atoms with Gasteiger partial charge in [-0.3, -0.25) is 0 Å². The van der Waals surface area contributed by atoms with E-state index < -0.39 is 43.9 Å². The van der Waals surface area contributed by atoms with Gasteiger partial charge in [0.15, 0.2) is 0 Å². The molecule has 0 heterocycles. The van der Waals surface area contributed by atoms with Crippen LogP contribution in [-0.4, -0.2) is 74.5 Å². The second-order valence-electron chi connectivity index (χ2n) is 14.5. The third-order valence-corrected chi connectivity index (χ3v) is 15.5. The summed E-state index contributed by atoms with van der Waals surface area (Å²) in [6, 6.07) is 34.8.